The molecule has 0 aliphatic rings. The van der Waals surface area contributed by atoms with E-state index in [4.69, 9.17) is 0 Å². The number of hydrogen-bond acceptors (Lipinski definition) is 5. The fourth-order valence-electron chi connectivity index (χ4n) is 2.76. The average Bonchev–Trinajstić information content (AvgIpc) is 3.23. The van der Waals surface area contributed by atoms with E-state index < -0.39 is 0 Å². The van der Waals surface area contributed by atoms with Crippen LogP contribution in [0.25, 0.3) is 17.1 Å². The Balaban J connectivity index is 1.52. The van der Waals surface area contributed by atoms with Gasteiger partial charge in [-0.3, -0.25) is 9.59 Å². The molecule has 0 saturated carbocycles. The summed E-state index contributed by atoms with van der Waals surface area (Å²) in [5.41, 5.74) is 3.08. The lowest BCUT2D eigenvalue weighted by Gasteiger charge is -2.08. The zero-order valence-corrected chi connectivity index (χ0v) is 15.0. The standard InChI is InChI=1S/C20H16N6O2/c1-13-9-18(27)25-19(23-13)14-5-7-16(8-6-14)24-20(28)15-3-2-4-17(10-15)26-12-21-11-22-26/h2-12H,1H3,(H,24,28)(H,23,25,27). The number of aromatic nitrogens is 5. The van der Waals surface area contributed by atoms with Crippen LogP contribution in [0.15, 0.2) is 72.0 Å². The summed E-state index contributed by atoms with van der Waals surface area (Å²) in [5, 5.41) is 6.92. The van der Waals surface area contributed by atoms with E-state index in [1.54, 1.807) is 60.4 Å². The van der Waals surface area contributed by atoms with E-state index in [1.165, 1.54) is 12.4 Å². The van der Waals surface area contributed by atoms with Crippen molar-refractivity contribution >= 4 is 11.6 Å². The highest BCUT2D eigenvalue weighted by molar-refractivity contribution is 6.04. The quantitative estimate of drug-likeness (QED) is 0.573. The van der Waals surface area contributed by atoms with Gasteiger partial charge in [0.2, 0.25) is 0 Å². The number of aryl methyl sites for hydroxylation is 1. The maximum absolute atomic E-state index is 12.6. The molecule has 0 unspecified atom stereocenters. The van der Waals surface area contributed by atoms with Crippen molar-refractivity contribution in [1.82, 2.24) is 24.7 Å². The number of nitrogens with zero attached hydrogens (tertiary/aromatic N) is 4. The van der Waals surface area contributed by atoms with Gasteiger partial charge in [0.1, 0.15) is 18.5 Å². The number of aromatic amines is 1. The molecule has 1 amide bonds. The molecule has 2 aromatic heterocycles. The SMILES string of the molecule is Cc1cc(=O)[nH]c(-c2ccc(NC(=O)c3cccc(-n4cncn4)c3)cc2)n1. The average molecular weight is 372 g/mol. The van der Waals surface area contributed by atoms with Gasteiger partial charge in [0, 0.05) is 28.6 Å². The molecule has 0 aliphatic heterocycles. The maximum atomic E-state index is 12.6. The minimum atomic E-state index is -0.239. The smallest absolute Gasteiger partial charge is 0.255 e. The van der Waals surface area contributed by atoms with Gasteiger partial charge < -0.3 is 10.3 Å². The van der Waals surface area contributed by atoms with Crippen LogP contribution in [0.1, 0.15) is 16.1 Å². The molecule has 2 aromatic carbocycles. The van der Waals surface area contributed by atoms with Crippen molar-refractivity contribution in [1.29, 1.82) is 0 Å². The third kappa shape index (κ3) is 3.70. The van der Waals surface area contributed by atoms with Crippen molar-refractivity contribution in [3.8, 4) is 17.1 Å². The maximum Gasteiger partial charge on any atom is 0.255 e. The molecule has 0 bridgehead atoms. The van der Waals surface area contributed by atoms with Crippen molar-refractivity contribution < 1.29 is 4.79 Å². The minimum Gasteiger partial charge on any atom is -0.322 e. The predicted octanol–water partition coefficient (Wildman–Crippen LogP) is 2.58. The Labute approximate surface area is 159 Å². The molecule has 138 valence electrons. The zero-order chi connectivity index (χ0) is 19.5. The number of H-pyrrole nitrogens is 1. The number of rotatable bonds is 4. The van der Waals surface area contributed by atoms with Gasteiger partial charge in [-0.25, -0.2) is 14.6 Å². The topological polar surface area (TPSA) is 106 Å². The summed E-state index contributed by atoms with van der Waals surface area (Å²) < 4.78 is 1.58. The van der Waals surface area contributed by atoms with E-state index >= 15 is 0 Å². The van der Waals surface area contributed by atoms with E-state index in [0.717, 1.165) is 11.3 Å². The lowest BCUT2D eigenvalue weighted by Crippen LogP contribution is -2.12. The van der Waals surface area contributed by atoms with Crippen molar-refractivity contribution in [3.05, 3.63) is 88.9 Å². The number of amides is 1. The Morgan fingerprint density at radius 3 is 2.64 bits per heavy atom. The summed E-state index contributed by atoms with van der Waals surface area (Å²) in [7, 11) is 0. The monoisotopic (exact) mass is 372 g/mol. The molecule has 8 heteroatoms. The second-order valence-corrected chi connectivity index (χ2v) is 6.16. The number of hydrogen-bond donors (Lipinski definition) is 2. The van der Waals surface area contributed by atoms with Crippen LogP contribution in [0.2, 0.25) is 0 Å². The first-order valence-electron chi connectivity index (χ1n) is 8.53. The highest BCUT2D eigenvalue weighted by Crippen LogP contribution is 2.18. The molecule has 28 heavy (non-hydrogen) atoms. The first kappa shape index (κ1) is 17.3. The normalized spacial score (nSPS) is 10.6. The van der Waals surface area contributed by atoms with Gasteiger partial charge in [0.05, 0.1) is 5.69 Å². The van der Waals surface area contributed by atoms with Crippen LogP contribution in [-0.2, 0) is 0 Å². The van der Waals surface area contributed by atoms with Crippen LogP contribution in [-0.4, -0.2) is 30.6 Å². The van der Waals surface area contributed by atoms with Gasteiger partial charge in [-0.1, -0.05) is 6.07 Å². The number of carbonyl (C=O) groups is 1. The molecule has 0 fully saturated rings. The molecule has 4 aromatic rings. The Kier molecular flexibility index (Phi) is 4.51. The predicted molar refractivity (Wildman–Crippen MR) is 104 cm³/mol. The van der Waals surface area contributed by atoms with E-state index in [9.17, 15) is 9.59 Å². The summed E-state index contributed by atoms with van der Waals surface area (Å²) in [6, 6.07) is 15.6. The van der Waals surface area contributed by atoms with Crippen molar-refractivity contribution in [3.63, 3.8) is 0 Å². The van der Waals surface area contributed by atoms with Crippen molar-refractivity contribution in [2.24, 2.45) is 0 Å². The minimum absolute atomic E-state index is 0.202. The second-order valence-electron chi connectivity index (χ2n) is 6.16. The Morgan fingerprint density at radius 1 is 1.11 bits per heavy atom. The molecule has 8 nitrogen and oxygen atoms in total. The number of anilines is 1. The Bertz CT molecular complexity index is 1180. The Hall–Kier alpha value is -4.07. The van der Waals surface area contributed by atoms with Gasteiger partial charge in [-0.05, 0) is 49.4 Å². The molecule has 0 radical (unpaired) electrons. The lowest BCUT2D eigenvalue weighted by atomic mass is 10.1. The molecular formula is C20H16N6O2. The van der Waals surface area contributed by atoms with Crippen LogP contribution in [0.3, 0.4) is 0 Å². The molecule has 0 saturated heterocycles. The molecule has 2 heterocycles. The third-order valence-corrected chi connectivity index (χ3v) is 4.08. The van der Waals surface area contributed by atoms with Gasteiger partial charge in [0.15, 0.2) is 0 Å². The summed E-state index contributed by atoms with van der Waals surface area (Å²) >= 11 is 0. The van der Waals surface area contributed by atoms with Gasteiger partial charge in [-0.2, -0.15) is 5.10 Å². The number of nitrogens with one attached hydrogen (secondary N) is 2. The second kappa shape index (κ2) is 7.28. The third-order valence-electron chi connectivity index (χ3n) is 4.08. The fraction of sp³-hybridized carbons (Fsp3) is 0.0500. The van der Waals surface area contributed by atoms with Crippen molar-refractivity contribution in [2.75, 3.05) is 5.32 Å². The van der Waals surface area contributed by atoms with Crippen LogP contribution >= 0.6 is 0 Å². The fourth-order valence-corrected chi connectivity index (χ4v) is 2.76. The summed E-state index contributed by atoms with van der Waals surface area (Å²) in [4.78, 5) is 35.1. The van der Waals surface area contributed by atoms with Crippen molar-refractivity contribution in [2.45, 2.75) is 6.92 Å². The van der Waals surface area contributed by atoms with Gasteiger partial charge in [-0.15, -0.1) is 0 Å². The summed E-state index contributed by atoms with van der Waals surface area (Å²) in [5.74, 6) is 0.250. The summed E-state index contributed by atoms with van der Waals surface area (Å²) in [6.45, 7) is 1.76. The van der Waals surface area contributed by atoms with Crippen LogP contribution in [0.5, 0.6) is 0 Å². The van der Waals surface area contributed by atoms with E-state index in [0.29, 0.717) is 22.8 Å². The lowest BCUT2D eigenvalue weighted by molar-refractivity contribution is 0.102. The van der Waals surface area contributed by atoms with E-state index in [1.807, 2.05) is 6.07 Å². The number of benzene rings is 2. The zero-order valence-electron chi connectivity index (χ0n) is 15.0. The highest BCUT2D eigenvalue weighted by atomic mass is 16.1. The molecule has 4 rings (SSSR count). The van der Waals surface area contributed by atoms with E-state index in [-0.39, 0.29) is 11.5 Å². The Morgan fingerprint density at radius 2 is 1.93 bits per heavy atom. The van der Waals surface area contributed by atoms with Crippen LogP contribution in [0.4, 0.5) is 5.69 Å². The molecule has 2 N–H and O–H groups in total. The number of carbonyl (C=O) groups excluding carboxylic acids is 1. The van der Waals surface area contributed by atoms with Gasteiger partial charge in [0.25, 0.3) is 11.5 Å². The van der Waals surface area contributed by atoms with Gasteiger partial charge >= 0.3 is 0 Å². The largest absolute Gasteiger partial charge is 0.322 e. The molecule has 0 aliphatic carbocycles. The van der Waals surface area contributed by atoms with Crippen LogP contribution in [0, 0.1) is 6.92 Å². The van der Waals surface area contributed by atoms with Crippen LogP contribution < -0.4 is 10.9 Å². The first-order valence-corrected chi connectivity index (χ1v) is 8.53. The molecule has 0 atom stereocenters. The summed E-state index contributed by atoms with van der Waals surface area (Å²) in [6.07, 6.45) is 3.00. The molecular weight excluding hydrogens is 356 g/mol. The first-order chi connectivity index (χ1) is 13.6. The van der Waals surface area contributed by atoms with E-state index in [2.05, 4.69) is 25.4 Å². The molecule has 0 spiro atoms. The highest BCUT2D eigenvalue weighted by Gasteiger charge is 2.09.